The summed E-state index contributed by atoms with van der Waals surface area (Å²) in [6, 6.07) is 14.6. The van der Waals surface area contributed by atoms with Crippen LogP contribution in [0, 0.1) is 0 Å². The predicted octanol–water partition coefficient (Wildman–Crippen LogP) is -2.02. The molecule has 31 heavy (non-hydrogen) atoms. The first-order valence-electron chi connectivity index (χ1n) is 8.85. The summed E-state index contributed by atoms with van der Waals surface area (Å²) in [5.74, 6) is -2.28. The number of ketones is 2. The second-order valence-electron chi connectivity index (χ2n) is 6.93. The van der Waals surface area contributed by atoms with E-state index in [1.165, 1.54) is 24.3 Å². The minimum Gasteiger partial charge on any atom is -0.744 e. The molecule has 0 fully saturated rings. The first kappa shape index (κ1) is 21.8. The number of carbonyl (C=O) groups excluding carboxylic acids is 2. The molecule has 2 aliphatic rings. The molecule has 1 N–H and O–H groups in total. The van der Waals surface area contributed by atoms with Crippen LogP contribution < -0.4 is 44.3 Å². The van der Waals surface area contributed by atoms with Gasteiger partial charge >= 0.3 is 36.3 Å². The third-order valence-electron chi connectivity index (χ3n) is 5.14. The van der Waals surface area contributed by atoms with E-state index in [0.29, 0.717) is 0 Å². The summed E-state index contributed by atoms with van der Waals surface area (Å²) in [6.07, 6.45) is 0. The Balaban J connectivity index is 0.00000231. The molecule has 0 saturated carbocycles. The number of hydrogen-bond donors (Lipinski definition) is 1. The van der Waals surface area contributed by atoms with Gasteiger partial charge in [0.1, 0.15) is 21.6 Å². The summed E-state index contributed by atoms with van der Waals surface area (Å²) in [7, 11) is -5.13. The Morgan fingerprint density at radius 1 is 0.806 bits per heavy atom. The van der Waals surface area contributed by atoms with E-state index in [2.05, 4.69) is 0 Å². The largest absolute Gasteiger partial charge is 1.00 e. The number of fused-ring (bicyclic) bond motifs is 4. The zero-order valence-corrected chi connectivity index (χ0v) is 18.9. The number of hydrogen-bond acceptors (Lipinski definition) is 8. The van der Waals surface area contributed by atoms with Crippen LogP contribution in [0.1, 0.15) is 31.8 Å². The van der Waals surface area contributed by atoms with Crippen LogP contribution in [0.4, 0.5) is 0 Å². The van der Waals surface area contributed by atoms with Crippen LogP contribution in [-0.2, 0) is 10.1 Å². The van der Waals surface area contributed by atoms with Gasteiger partial charge in [-0.3, -0.25) is 9.59 Å². The van der Waals surface area contributed by atoms with Crippen molar-refractivity contribution in [1.82, 2.24) is 0 Å². The molecule has 3 aromatic rings. The topological polar surface area (TPSA) is 130 Å². The van der Waals surface area contributed by atoms with Gasteiger partial charge in [0.25, 0.3) is 0 Å². The smallest absolute Gasteiger partial charge is 0.744 e. The van der Waals surface area contributed by atoms with E-state index in [4.69, 9.17) is 9.31 Å². The summed E-state index contributed by atoms with van der Waals surface area (Å²) < 4.78 is 46.7. The average molecular weight is 445 g/mol. The minimum atomic E-state index is -5.13. The Bertz CT molecular complexity index is 1370. The van der Waals surface area contributed by atoms with Gasteiger partial charge in [0.2, 0.25) is 0 Å². The van der Waals surface area contributed by atoms with E-state index in [9.17, 15) is 27.6 Å². The van der Waals surface area contributed by atoms with Crippen LogP contribution in [-0.4, -0.2) is 36.3 Å². The molecule has 1 unspecified atom stereocenters. The fraction of sp³-hybridized carbons (Fsp3) is 0. The Hall–Kier alpha value is -2.47. The molecule has 1 heterocycles. The summed E-state index contributed by atoms with van der Waals surface area (Å²) in [6.45, 7) is -3.28. The zero-order chi connectivity index (χ0) is 21.3. The molecular weight excluding hydrogens is 434 g/mol. The third kappa shape index (κ3) is 3.23. The molecule has 0 spiro atoms. The predicted molar refractivity (Wildman–Crippen MR) is 103 cm³/mol. The van der Waals surface area contributed by atoms with Gasteiger partial charge in [-0.25, -0.2) is 8.42 Å². The fourth-order valence-corrected chi connectivity index (χ4v) is 4.40. The summed E-state index contributed by atoms with van der Waals surface area (Å²) in [5, 5.41) is 10.9. The van der Waals surface area contributed by atoms with Crippen LogP contribution in [0.3, 0.4) is 0 Å². The van der Waals surface area contributed by atoms with Crippen molar-refractivity contribution in [1.29, 1.82) is 0 Å². The molecule has 1 aliphatic heterocycles. The molecule has 150 valence electrons. The SMILES string of the molecule is O=C1c2ccccc2C(=O)c2c1cc(S(=O)(=O)[O-])c1c2O[B-](O)(c2ccccc2)O1.[Na+]. The van der Waals surface area contributed by atoms with Crippen molar-refractivity contribution in [2.45, 2.75) is 4.90 Å². The van der Waals surface area contributed by atoms with Crippen molar-refractivity contribution in [2.24, 2.45) is 0 Å². The molecule has 8 nitrogen and oxygen atoms in total. The molecule has 0 amide bonds. The molecule has 0 radical (unpaired) electrons. The molecule has 1 aliphatic carbocycles. The van der Waals surface area contributed by atoms with E-state index < -0.39 is 44.8 Å². The first-order valence-corrected chi connectivity index (χ1v) is 10.3. The number of carbonyl (C=O) groups is 2. The van der Waals surface area contributed by atoms with Crippen molar-refractivity contribution >= 4 is 33.9 Å². The first-order chi connectivity index (χ1) is 14.2. The Morgan fingerprint density at radius 3 is 1.97 bits per heavy atom. The Kier molecular flexibility index (Phi) is 5.12. The maximum absolute atomic E-state index is 13.1. The Labute approximate surface area is 198 Å². The maximum atomic E-state index is 13.1. The standard InChI is InChI=1S/C20H12BO8S.Na/c22-17-12-8-4-5-9-13(12)18(23)16-14(17)10-15(30(25,26)27)19-20(16)29-21(24,28-19)11-6-2-1-3-7-11;/h1-10,24H,(H,25,26,27);/q-1;+1/p-1. The van der Waals surface area contributed by atoms with E-state index in [1.54, 1.807) is 30.3 Å². The second kappa shape index (κ2) is 7.30. The molecule has 11 heteroatoms. The van der Waals surface area contributed by atoms with Gasteiger partial charge in [0.15, 0.2) is 11.6 Å². The van der Waals surface area contributed by atoms with Gasteiger partial charge in [-0.2, -0.15) is 0 Å². The van der Waals surface area contributed by atoms with Gasteiger partial charge in [0, 0.05) is 16.7 Å². The molecular formula is C20H11BNaO8S-. The third-order valence-corrected chi connectivity index (χ3v) is 5.98. The van der Waals surface area contributed by atoms with Crippen molar-refractivity contribution in [3.63, 3.8) is 0 Å². The molecule has 3 aromatic carbocycles. The summed E-state index contributed by atoms with van der Waals surface area (Å²) >= 11 is 0. The fourth-order valence-electron chi connectivity index (χ4n) is 3.77. The quantitative estimate of drug-likeness (QED) is 0.277. The van der Waals surface area contributed by atoms with Crippen LogP contribution in [0.15, 0.2) is 65.6 Å². The van der Waals surface area contributed by atoms with Crippen molar-refractivity contribution in [2.75, 3.05) is 0 Å². The van der Waals surface area contributed by atoms with E-state index in [-0.39, 0.29) is 57.3 Å². The van der Waals surface area contributed by atoms with Crippen molar-refractivity contribution in [3.8, 4) is 11.5 Å². The molecule has 1 atom stereocenters. The van der Waals surface area contributed by atoms with Gasteiger partial charge < -0.3 is 18.9 Å². The summed E-state index contributed by atoms with van der Waals surface area (Å²) in [4.78, 5) is 25.2. The van der Waals surface area contributed by atoms with Gasteiger partial charge in [-0.1, -0.05) is 60.1 Å². The number of rotatable bonds is 2. The molecule has 0 aromatic heterocycles. The van der Waals surface area contributed by atoms with Crippen LogP contribution >= 0.6 is 0 Å². The average Bonchev–Trinajstić information content (AvgIpc) is 3.09. The van der Waals surface area contributed by atoms with Gasteiger partial charge in [0.05, 0.1) is 10.5 Å². The van der Waals surface area contributed by atoms with Crippen LogP contribution in [0.2, 0.25) is 0 Å². The van der Waals surface area contributed by atoms with Crippen LogP contribution in [0.5, 0.6) is 11.5 Å². The number of benzene rings is 3. The van der Waals surface area contributed by atoms with Gasteiger partial charge in [-0.15, -0.1) is 0 Å². The van der Waals surface area contributed by atoms with E-state index in [0.717, 1.165) is 6.07 Å². The molecule has 5 rings (SSSR count). The maximum Gasteiger partial charge on any atom is 1.00 e. The Morgan fingerprint density at radius 2 is 1.35 bits per heavy atom. The normalized spacial score (nSPS) is 18.8. The molecule has 0 saturated heterocycles. The van der Waals surface area contributed by atoms with E-state index in [1.807, 2.05) is 0 Å². The zero-order valence-electron chi connectivity index (χ0n) is 16.1. The van der Waals surface area contributed by atoms with Crippen molar-refractivity contribution in [3.05, 3.63) is 82.9 Å². The summed E-state index contributed by atoms with van der Waals surface area (Å²) in [5.41, 5.74) is -0.224. The second-order valence-corrected chi connectivity index (χ2v) is 8.28. The van der Waals surface area contributed by atoms with Gasteiger partial charge in [-0.05, 0) is 6.07 Å². The monoisotopic (exact) mass is 445 g/mol. The molecule has 0 bridgehead atoms. The van der Waals surface area contributed by atoms with Crippen LogP contribution in [0.25, 0.3) is 0 Å². The van der Waals surface area contributed by atoms with E-state index >= 15 is 0 Å². The van der Waals surface area contributed by atoms with Crippen molar-refractivity contribution < 1.29 is 66.4 Å². The minimum absolute atomic E-state index is 0.